The molecule has 3 N–H and O–H groups in total. The van der Waals surface area contributed by atoms with Gasteiger partial charge in [0.15, 0.2) is 5.69 Å². The Morgan fingerprint density at radius 2 is 2.20 bits per heavy atom. The van der Waals surface area contributed by atoms with Gasteiger partial charge < -0.3 is 11.1 Å². The van der Waals surface area contributed by atoms with E-state index in [4.69, 9.17) is 5.73 Å². The van der Waals surface area contributed by atoms with Crippen molar-refractivity contribution in [3.8, 4) is 5.69 Å². The van der Waals surface area contributed by atoms with Crippen LogP contribution in [0.5, 0.6) is 0 Å². The molecule has 0 unspecified atom stereocenters. The van der Waals surface area contributed by atoms with Gasteiger partial charge in [-0.25, -0.2) is 4.68 Å². The number of nitrogens with one attached hydrogen (secondary N) is 1. The second-order valence-corrected chi connectivity index (χ2v) is 6.08. The van der Waals surface area contributed by atoms with Crippen molar-refractivity contribution in [2.24, 2.45) is 5.73 Å². The minimum Gasteiger partial charge on any atom is -0.344 e. The number of hydrogen-bond donors (Lipinski definition) is 2. The lowest BCUT2D eigenvalue weighted by molar-refractivity contribution is 0.0910. The molecule has 5 nitrogen and oxygen atoms in total. The van der Waals surface area contributed by atoms with E-state index in [1.165, 1.54) is 0 Å². The average molecular weight is 337 g/mol. The van der Waals surface area contributed by atoms with Crippen LogP contribution in [-0.2, 0) is 0 Å². The molecule has 1 aromatic carbocycles. The molecule has 6 heteroatoms. The number of benzene rings is 1. The Hall–Kier alpha value is -1.66. The highest BCUT2D eigenvalue weighted by Crippen LogP contribution is 2.15. The summed E-state index contributed by atoms with van der Waals surface area (Å²) in [6, 6.07) is 9.38. The van der Waals surface area contributed by atoms with Crippen molar-refractivity contribution in [3.63, 3.8) is 0 Å². The third-order valence-corrected chi connectivity index (χ3v) is 3.35. The highest BCUT2D eigenvalue weighted by Gasteiger charge is 2.20. The summed E-state index contributed by atoms with van der Waals surface area (Å²) < 4.78 is 2.62. The molecule has 2 rings (SSSR count). The van der Waals surface area contributed by atoms with Crippen LogP contribution in [0.1, 0.15) is 24.3 Å². The third kappa shape index (κ3) is 3.46. The van der Waals surface area contributed by atoms with Crippen LogP contribution < -0.4 is 11.1 Å². The Morgan fingerprint density at radius 3 is 2.85 bits per heavy atom. The van der Waals surface area contributed by atoms with Crippen molar-refractivity contribution >= 4 is 21.8 Å². The molecule has 0 fully saturated rings. The van der Waals surface area contributed by atoms with Crippen LogP contribution in [0.15, 0.2) is 41.0 Å². The summed E-state index contributed by atoms with van der Waals surface area (Å²) >= 11 is 3.41. The molecule has 0 spiro atoms. The maximum absolute atomic E-state index is 12.1. The molecule has 2 aromatic rings. The van der Waals surface area contributed by atoms with Crippen molar-refractivity contribution in [2.75, 3.05) is 6.54 Å². The average Bonchev–Trinajstić information content (AvgIpc) is 2.88. The number of carbonyl (C=O) groups excluding carboxylic acids is 1. The molecule has 0 saturated heterocycles. The number of nitrogens with two attached hydrogens (primary N) is 1. The Kier molecular flexibility index (Phi) is 4.25. The molecule has 20 heavy (non-hydrogen) atoms. The third-order valence-electron chi connectivity index (χ3n) is 2.86. The highest BCUT2D eigenvalue weighted by atomic mass is 79.9. The Labute approximate surface area is 126 Å². The van der Waals surface area contributed by atoms with Crippen molar-refractivity contribution in [1.29, 1.82) is 0 Å². The topological polar surface area (TPSA) is 72.9 Å². The molecule has 0 aliphatic rings. The van der Waals surface area contributed by atoms with Gasteiger partial charge >= 0.3 is 0 Å². The van der Waals surface area contributed by atoms with Gasteiger partial charge in [-0.1, -0.05) is 22.0 Å². The van der Waals surface area contributed by atoms with E-state index in [9.17, 15) is 4.79 Å². The van der Waals surface area contributed by atoms with E-state index in [1.54, 1.807) is 16.9 Å². The van der Waals surface area contributed by atoms with Gasteiger partial charge in [-0.2, -0.15) is 5.10 Å². The predicted octanol–water partition coefficient (Wildman–Crippen LogP) is 2.10. The lowest BCUT2D eigenvalue weighted by atomic mass is 10.1. The van der Waals surface area contributed by atoms with E-state index in [1.807, 2.05) is 38.1 Å². The van der Waals surface area contributed by atoms with E-state index >= 15 is 0 Å². The van der Waals surface area contributed by atoms with Gasteiger partial charge in [-0.3, -0.25) is 4.79 Å². The standard InChI is InChI=1S/C14H17BrN4O/c1-14(2,9-16)17-13(20)12-6-7-19(18-12)11-5-3-4-10(15)8-11/h3-8H,9,16H2,1-2H3,(H,17,20). The number of aromatic nitrogens is 2. The zero-order valence-corrected chi connectivity index (χ0v) is 13.0. The molecule has 0 atom stereocenters. The molecule has 0 aliphatic heterocycles. The van der Waals surface area contributed by atoms with Gasteiger partial charge in [0, 0.05) is 22.8 Å². The van der Waals surface area contributed by atoms with Crippen LogP contribution >= 0.6 is 15.9 Å². The van der Waals surface area contributed by atoms with Crippen molar-refractivity contribution in [1.82, 2.24) is 15.1 Å². The fraction of sp³-hybridized carbons (Fsp3) is 0.286. The molecule has 0 aliphatic carbocycles. The first-order valence-electron chi connectivity index (χ1n) is 6.25. The van der Waals surface area contributed by atoms with E-state index in [2.05, 4.69) is 26.3 Å². The van der Waals surface area contributed by atoms with Crippen LogP contribution in [0, 0.1) is 0 Å². The fourth-order valence-electron chi connectivity index (χ4n) is 1.63. The lowest BCUT2D eigenvalue weighted by Crippen LogP contribution is -2.48. The number of halogens is 1. The number of carbonyl (C=O) groups is 1. The van der Waals surface area contributed by atoms with Crippen molar-refractivity contribution in [3.05, 3.63) is 46.7 Å². The van der Waals surface area contributed by atoms with Gasteiger partial charge in [0.1, 0.15) is 0 Å². The summed E-state index contributed by atoms with van der Waals surface area (Å²) in [7, 11) is 0. The zero-order chi connectivity index (χ0) is 14.8. The smallest absolute Gasteiger partial charge is 0.272 e. The second kappa shape index (κ2) is 5.76. The summed E-state index contributed by atoms with van der Waals surface area (Å²) in [6.45, 7) is 4.11. The van der Waals surface area contributed by atoms with Gasteiger partial charge in [-0.15, -0.1) is 0 Å². The summed E-state index contributed by atoms with van der Waals surface area (Å²) in [4.78, 5) is 12.1. The summed E-state index contributed by atoms with van der Waals surface area (Å²) in [6.07, 6.45) is 1.76. The first-order chi connectivity index (χ1) is 9.41. The molecule has 0 bridgehead atoms. The number of hydrogen-bond acceptors (Lipinski definition) is 3. The highest BCUT2D eigenvalue weighted by molar-refractivity contribution is 9.10. The normalized spacial score (nSPS) is 11.4. The minimum absolute atomic E-state index is 0.228. The van der Waals surface area contributed by atoms with Crippen molar-refractivity contribution in [2.45, 2.75) is 19.4 Å². The Bertz CT molecular complexity index is 621. The molecule has 0 saturated carbocycles. The quantitative estimate of drug-likeness (QED) is 0.897. The summed E-state index contributed by atoms with van der Waals surface area (Å²) in [5.74, 6) is -0.228. The molecule has 0 radical (unpaired) electrons. The zero-order valence-electron chi connectivity index (χ0n) is 11.4. The first kappa shape index (κ1) is 14.7. The maximum Gasteiger partial charge on any atom is 0.272 e. The fourth-order valence-corrected chi connectivity index (χ4v) is 2.02. The van der Waals surface area contributed by atoms with Crippen LogP contribution in [0.4, 0.5) is 0 Å². The monoisotopic (exact) mass is 336 g/mol. The van der Waals surface area contributed by atoms with Gasteiger partial charge in [-0.05, 0) is 38.1 Å². The van der Waals surface area contributed by atoms with E-state index in [0.717, 1.165) is 10.2 Å². The molecule has 1 heterocycles. The van der Waals surface area contributed by atoms with E-state index < -0.39 is 5.54 Å². The van der Waals surface area contributed by atoms with Gasteiger partial charge in [0.25, 0.3) is 5.91 Å². The number of nitrogens with zero attached hydrogens (tertiary/aromatic N) is 2. The largest absolute Gasteiger partial charge is 0.344 e. The molecule has 1 aromatic heterocycles. The first-order valence-corrected chi connectivity index (χ1v) is 7.05. The number of amides is 1. The molecular weight excluding hydrogens is 320 g/mol. The Balaban J connectivity index is 2.19. The maximum atomic E-state index is 12.1. The van der Waals surface area contributed by atoms with E-state index in [0.29, 0.717) is 12.2 Å². The van der Waals surface area contributed by atoms with Crippen molar-refractivity contribution < 1.29 is 4.79 Å². The lowest BCUT2D eigenvalue weighted by Gasteiger charge is -2.23. The SMILES string of the molecule is CC(C)(CN)NC(=O)c1ccn(-c2cccc(Br)c2)n1. The van der Waals surface area contributed by atoms with E-state index in [-0.39, 0.29) is 5.91 Å². The van der Waals surface area contributed by atoms with Crippen LogP contribution in [0.2, 0.25) is 0 Å². The van der Waals surface area contributed by atoms with Gasteiger partial charge in [0.2, 0.25) is 0 Å². The summed E-state index contributed by atoms with van der Waals surface area (Å²) in [5, 5.41) is 7.13. The van der Waals surface area contributed by atoms with Crippen LogP contribution in [0.3, 0.4) is 0 Å². The van der Waals surface area contributed by atoms with Gasteiger partial charge in [0.05, 0.1) is 5.69 Å². The number of rotatable bonds is 4. The second-order valence-electron chi connectivity index (χ2n) is 5.17. The molecule has 1 amide bonds. The predicted molar refractivity (Wildman–Crippen MR) is 81.9 cm³/mol. The molecular formula is C14H17BrN4O. The molecule has 106 valence electrons. The van der Waals surface area contributed by atoms with Crippen LogP contribution in [-0.4, -0.2) is 27.8 Å². The van der Waals surface area contributed by atoms with Crippen LogP contribution in [0.25, 0.3) is 5.69 Å². The Morgan fingerprint density at radius 1 is 1.45 bits per heavy atom. The summed E-state index contributed by atoms with van der Waals surface area (Å²) in [5.41, 5.74) is 6.41. The minimum atomic E-state index is -0.448.